The third kappa shape index (κ3) is 1.92. The van der Waals surface area contributed by atoms with Crippen LogP contribution in [0.15, 0.2) is 0 Å². The Bertz CT molecular complexity index is 6.00. The van der Waals surface area contributed by atoms with Crippen LogP contribution in [0.1, 0.15) is 0 Å². The zero-order valence-corrected chi connectivity index (χ0v) is 2.52. The fraction of sp³-hybridized carbons (Fsp3) is 1.00. The molecule has 0 heterocycles. The van der Waals surface area contributed by atoms with Crippen molar-refractivity contribution >= 4 is 0 Å². The summed E-state index contributed by atoms with van der Waals surface area (Å²) >= 11 is 0. The van der Waals surface area contributed by atoms with E-state index in [1.165, 1.54) is 7.11 Å². The van der Waals surface area contributed by atoms with Crippen LogP contribution in [0.4, 0.5) is 0 Å². The first kappa shape index (κ1) is 3.92. The highest BCUT2D eigenvalue weighted by molar-refractivity contribution is 3.71. The van der Waals surface area contributed by atoms with Crippen molar-refractivity contribution in [2.45, 2.75) is 0 Å². The molecule has 0 aromatic carbocycles. The van der Waals surface area contributed by atoms with Gasteiger partial charge in [-0.2, -0.15) is 0 Å². The normalized spacial score (nSPS) is 7.50. The molecule has 0 spiro atoms. The largest absolute Gasteiger partial charge is 0.355 e. The highest BCUT2D eigenvalue weighted by Crippen LogP contribution is 1.48. The molecule has 0 N–H and O–H groups in total. The lowest BCUT2D eigenvalue weighted by atomic mass is 11.4. The monoisotopic (exact) mass is 61.0 g/mol. The topological polar surface area (TPSA) is 29.1 Å². The molecule has 0 bridgehead atoms. The van der Waals surface area contributed by atoms with Crippen molar-refractivity contribution in [1.29, 1.82) is 0 Å². The first-order valence-corrected chi connectivity index (χ1v) is 0.986. The van der Waals surface area contributed by atoms with Crippen LogP contribution in [0.2, 0.25) is 0 Å². The van der Waals surface area contributed by atoms with Crippen molar-refractivity contribution in [3.8, 4) is 0 Å². The van der Waals surface area contributed by atoms with Crippen molar-refractivity contribution in [2.24, 2.45) is 0 Å². The van der Waals surface area contributed by atoms with Crippen LogP contribution in [0, 0.1) is 0 Å². The van der Waals surface area contributed by atoms with Crippen LogP contribution in [0.3, 0.4) is 0 Å². The maximum atomic E-state index is 9.08. The van der Waals surface area contributed by atoms with Gasteiger partial charge in [-0.05, 0) is 0 Å². The molecule has 0 unspecified atom stereocenters. The van der Waals surface area contributed by atoms with E-state index >= 15 is 0 Å². The summed E-state index contributed by atoms with van der Waals surface area (Å²) < 4.78 is 3.99. The SMILES string of the molecule is COC[O]. The van der Waals surface area contributed by atoms with Gasteiger partial charge in [-0.25, -0.2) is 5.11 Å². The van der Waals surface area contributed by atoms with Gasteiger partial charge in [0.2, 0.25) is 0 Å². The fourth-order valence-electron chi connectivity index (χ4n) is 0. The van der Waals surface area contributed by atoms with Crippen LogP contribution in [-0.4, -0.2) is 13.9 Å². The molecule has 0 aliphatic carbocycles. The number of methoxy groups -OCH3 is 1. The second-order valence-corrected chi connectivity index (χ2v) is 0.407. The molecule has 0 atom stereocenters. The first-order valence-electron chi connectivity index (χ1n) is 0.986. The fourth-order valence-corrected chi connectivity index (χ4v) is 0. The van der Waals surface area contributed by atoms with Crippen LogP contribution >= 0.6 is 0 Å². The van der Waals surface area contributed by atoms with E-state index < -0.39 is 6.79 Å². The zero-order chi connectivity index (χ0) is 3.41. The van der Waals surface area contributed by atoms with Gasteiger partial charge in [0.05, 0.1) is 0 Å². The summed E-state index contributed by atoms with van der Waals surface area (Å²) in [7, 11) is 1.37. The molecular weight excluding hydrogens is 56.0 g/mol. The van der Waals surface area contributed by atoms with E-state index in [4.69, 9.17) is 5.11 Å². The zero-order valence-electron chi connectivity index (χ0n) is 2.52. The van der Waals surface area contributed by atoms with Gasteiger partial charge in [0.15, 0.2) is 6.79 Å². The van der Waals surface area contributed by atoms with E-state index in [1.54, 1.807) is 0 Å². The minimum Gasteiger partial charge on any atom is -0.355 e. The standard InChI is InChI=1S/C2H5O2/c1-4-2-3/h2H2,1H3. The Kier molecular flexibility index (Phi) is 2.86. The smallest absolute Gasteiger partial charge is 0.180 e. The molecule has 0 aromatic rings. The van der Waals surface area contributed by atoms with Crippen molar-refractivity contribution in [1.82, 2.24) is 0 Å². The van der Waals surface area contributed by atoms with E-state index in [0.29, 0.717) is 0 Å². The minimum atomic E-state index is -0.431. The van der Waals surface area contributed by atoms with Crippen LogP contribution in [-0.2, 0) is 9.84 Å². The molecule has 0 aliphatic rings. The average molecular weight is 61.1 g/mol. The van der Waals surface area contributed by atoms with Crippen molar-refractivity contribution in [3.63, 3.8) is 0 Å². The van der Waals surface area contributed by atoms with Crippen LogP contribution in [0.25, 0.3) is 0 Å². The van der Waals surface area contributed by atoms with Crippen molar-refractivity contribution in [2.75, 3.05) is 13.9 Å². The molecule has 25 valence electrons. The third-order valence-electron chi connectivity index (χ3n) is 0.118. The van der Waals surface area contributed by atoms with Gasteiger partial charge < -0.3 is 4.74 Å². The first-order chi connectivity index (χ1) is 1.91. The molecule has 4 heavy (non-hydrogen) atoms. The van der Waals surface area contributed by atoms with Gasteiger partial charge in [0.1, 0.15) is 0 Å². The summed E-state index contributed by atoms with van der Waals surface area (Å²) in [4.78, 5) is 0. The molecule has 0 fully saturated rings. The van der Waals surface area contributed by atoms with E-state index in [0.717, 1.165) is 0 Å². The van der Waals surface area contributed by atoms with E-state index in [1.807, 2.05) is 0 Å². The highest BCUT2D eigenvalue weighted by atomic mass is 16.6. The second kappa shape index (κ2) is 2.92. The van der Waals surface area contributed by atoms with Gasteiger partial charge in [0, 0.05) is 7.11 Å². The van der Waals surface area contributed by atoms with Crippen LogP contribution in [0.5, 0.6) is 0 Å². The van der Waals surface area contributed by atoms with Gasteiger partial charge in [-0.3, -0.25) is 0 Å². The number of hydrogen-bond donors (Lipinski definition) is 0. The second-order valence-electron chi connectivity index (χ2n) is 0.407. The molecule has 0 aromatic heterocycles. The molecular formula is C2H5O2. The lowest BCUT2D eigenvalue weighted by molar-refractivity contribution is -0.0165. The molecule has 0 saturated carbocycles. The maximum Gasteiger partial charge on any atom is 0.180 e. The number of hydrogen-bond acceptors (Lipinski definition) is 1. The lowest BCUT2D eigenvalue weighted by Gasteiger charge is -1.72. The molecule has 2 heteroatoms. The Balaban J connectivity index is 1.97. The molecule has 0 aliphatic heterocycles. The predicted molar refractivity (Wildman–Crippen MR) is 12.6 cm³/mol. The van der Waals surface area contributed by atoms with E-state index in [9.17, 15) is 0 Å². The summed E-state index contributed by atoms with van der Waals surface area (Å²) in [6, 6.07) is 0. The quantitative estimate of drug-likeness (QED) is 0.393. The molecule has 0 rings (SSSR count). The lowest BCUT2D eigenvalue weighted by Crippen LogP contribution is -1.76. The summed E-state index contributed by atoms with van der Waals surface area (Å²) in [5.41, 5.74) is 0. The summed E-state index contributed by atoms with van der Waals surface area (Å²) in [5, 5.41) is 9.08. The molecule has 0 amide bonds. The van der Waals surface area contributed by atoms with Crippen molar-refractivity contribution < 1.29 is 9.84 Å². The van der Waals surface area contributed by atoms with Gasteiger partial charge in [-0.15, -0.1) is 0 Å². The van der Waals surface area contributed by atoms with E-state index in [2.05, 4.69) is 4.74 Å². The Hall–Kier alpha value is -0.0800. The van der Waals surface area contributed by atoms with E-state index in [-0.39, 0.29) is 0 Å². The highest BCUT2D eigenvalue weighted by Gasteiger charge is 1.55. The Morgan fingerprint density at radius 3 is 2.25 bits per heavy atom. The Morgan fingerprint density at radius 2 is 2.25 bits per heavy atom. The Labute approximate surface area is 25.0 Å². The minimum absolute atomic E-state index is 0.431. The number of ether oxygens (including phenoxy) is 1. The van der Waals surface area contributed by atoms with Gasteiger partial charge in [0.25, 0.3) is 0 Å². The van der Waals surface area contributed by atoms with Crippen molar-refractivity contribution in [3.05, 3.63) is 0 Å². The third-order valence-corrected chi connectivity index (χ3v) is 0.118. The van der Waals surface area contributed by atoms with Gasteiger partial charge >= 0.3 is 0 Å². The Morgan fingerprint density at radius 1 is 2.00 bits per heavy atom. The van der Waals surface area contributed by atoms with Gasteiger partial charge in [-0.1, -0.05) is 0 Å². The predicted octanol–water partition coefficient (Wildman–Crippen LogP) is 0.0208. The molecule has 2 nitrogen and oxygen atoms in total. The molecule has 1 radical (unpaired) electrons. The number of rotatable bonds is 1. The average Bonchev–Trinajstić information content (AvgIpc) is 1.37. The summed E-state index contributed by atoms with van der Waals surface area (Å²) in [6.07, 6.45) is 0. The molecule has 0 saturated heterocycles. The summed E-state index contributed by atoms with van der Waals surface area (Å²) in [5.74, 6) is 0. The maximum absolute atomic E-state index is 9.08. The van der Waals surface area contributed by atoms with Crippen LogP contribution < -0.4 is 0 Å². The summed E-state index contributed by atoms with van der Waals surface area (Å²) in [6.45, 7) is -0.431.